The number of benzene rings is 1. The van der Waals surface area contributed by atoms with Gasteiger partial charge in [0.05, 0.1) is 6.61 Å². The van der Waals surface area contributed by atoms with Crippen molar-refractivity contribution >= 4 is 11.0 Å². The maximum Gasteiger partial charge on any atom is 0.336 e. The van der Waals surface area contributed by atoms with Crippen LogP contribution in [0.5, 0.6) is 11.5 Å². The summed E-state index contributed by atoms with van der Waals surface area (Å²) in [7, 11) is 0. The standard InChI is InChI=1S/C17H21NO4/c19-14-11-13-5-6-17(20)22-15(13)12-16(14)21-10-4-9-18-7-2-1-3-8-18/h5-6,11-12,19H,1-4,7-10H2. The molecule has 1 aliphatic heterocycles. The lowest BCUT2D eigenvalue weighted by Crippen LogP contribution is -2.31. The van der Waals surface area contributed by atoms with Gasteiger partial charge in [-0.25, -0.2) is 4.79 Å². The summed E-state index contributed by atoms with van der Waals surface area (Å²) in [6.07, 6.45) is 4.82. The lowest BCUT2D eigenvalue weighted by atomic mass is 10.1. The molecule has 0 spiro atoms. The molecule has 0 aliphatic carbocycles. The molecule has 1 aliphatic rings. The van der Waals surface area contributed by atoms with Gasteiger partial charge in [0.25, 0.3) is 0 Å². The Labute approximate surface area is 129 Å². The Kier molecular flexibility index (Phi) is 4.63. The Bertz CT molecular complexity index is 689. The minimum Gasteiger partial charge on any atom is -0.504 e. The average Bonchev–Trinajstić information content (AvgIpc) is 2.53. The van der Waals surface area contributed by atoms with Gasteiger partial charge in [0.2, 0.25) is 0 Å². The van der Waals surface area contributed by atoms with Gasteiger partial charge in [0.1, 0.15) is 5.58 Å². The predicted octanol–water partition coefficient (Wildman–Crippen LogP) is 2.75. The highest BCUT2D eigenvalue weighted by atomic mass is 16.5. The van der Waals surface area contributed by atoms with E-state index in [0.717, 1.165) is 13.0 Å². The molecule has 2 heterocycles. The Balaban J connectivity index is 1.58. The molecule has 118 valence electrons. The van der Waals surface area contributed by atoms with Crippen molar-refractivity contribution in [1.29, 1.82) is 0 Å². The molecule has 5 heteroatoms. The van der Waals surface area contributed by atoms with Crippen LogP contribution in [0.1, 0.15) is 25.7 Å². The second kappa shape index (κ2) is 6.83. The second-order valence-corrected chi connectivity index (χ2v) is 5.72. The molecule has 1 fully saturated rings. The van der Waals surface area contributed by atoms with E-state index >= 15 is 0 Å². The Morgan fingerprint density at radius 1 is 1.18 bits per heavy atom. The summed E-state index contributed by atoms with van der Waals surface area (Å²) < 4.78 is 10.7. The first-order chi connectivity index (χ1) is 10.7. The van der Waals surface area contributed by atoms with Crippen LogP contribution in [0.4, 0.5) is 0 Å². The smallest absolute Gasteiger partial charge is 0.336 e. The molecule has 0 saturated carbocycles. The predicted molar refractivity (Wildman–Crippen MR) is 84.6 cm³/mol. The highest BCUT2D eigenvalue weighted by molar-refractivity contribution is 5.80. The van der Waals surface area contributed by atoms with E-state index < -0.39 is 5.63 Å². The lowest BCUT2D eigenvalue weighted by molar-refractivity contribution is 0.203. The van der Waals surface area contributed by atoms with Crippen LogP contribution in [0.25, 0.3) is 11.0 Å². The van der Waals surface area contributed by atoms with E-state index in [2.05, 4.69) is 4.90 Å². The number of rotatable bonds is 5. The summed E-state index contributed by atoms with van der Waals surface area (Å²) in [5.74, 6) is 0.430. The number of likely N-dealkylation sites (tertiary alicyclic amines) is 1. The van der Waals surface area contributed by atoms with E-state index in [9.17, 15) is 9.90 Å². The van der Waals surface area contributed by atoms with E-state index in [4.69, 9.17) is 9.15 Å². The van der Waals surface area contributed by atoms with Crippen LogP contribution >= 0.6 is 0 Å². The van der Waals surface area contributed by atoms with Gasteiger partial charge in [-0.1, -0.05) is 6.42 Å². The third kappa shape index (κ3) is 3.60. The number of nitrogens with zero attached hydrogens (tertiary/aromatic N) is 1. The van der Waals surface area contributed by atoms with Crippen LogP contribution in [0.2, 0.25) is 0 Å². The van der Waals surface area contributed by atoms with Crippen molar-refractivity contribution in [3.05, 3.63) is 34.7 Å². The fourth-order valence-electron chi connectivity index (χ4n) is 2.85. The zero-order valence-electron chi connectivity index (χ0n) is 12.6. The Morgan fingerprint density at radius 2 is 2.00 bits per heavy atom. The van der Waals surface area contributed by atoms with Gasteiger partial charge in [-0.05, 0) is 44.5 Å². The molecule has 1 aromatic heterocycles. The number of phenols is 1. The van der Waals surface area contributed by atoms with Crippen molar-refractivity contribution in [2.24, 2.45) is 0 Å². The van der Waals surface area contributed by atoms with Crippen LogP contribution in [0.15, 0.2) is 33.5 Å². The molecule has 2 aromatic rings. The normalized spacial score (nSPS) is 16.0. The summed E-state index contributed by atoms with van der Waals surface area (Å²) in [6.45, 7) is 3.90. The lowest BCUT2D eigenvalue weighted by Gasteiger charge is -2.26. The average molecular weight is 303 g/mol. The Morgan fingerprint density at radius 3 is 2.82 bits per heavy atom. The van der Waals surface area contributed by atoms with E-state index in [-0.39, 0.29) is 5.75 Å². The summed E-state index contributed by atoms with van der Waals surface area (Å²) in [5, 5.41) is 10.6. The molecule has 3 rings (SSSR count). The SMILES string of the molecule is O=c1ccc2cc(O)c(OCCCN3CCCCC3)cc2o1. The van der Waals surface area contributed by atoms with Crippen LogP contribution in [-0.4, -0.2) is 36.2 Å². The fourth-order valence-corrected chi connectivity index (χ4v) is 2.85. The second-order valence-electron chi connectivity index (χ2n) is 5.72. The number of phenolic OH excluding ortho intramolecular Hbond substituents is 1. The third-order valence-corrected chi connectivity index (χ3v) is 4.03. The first kappa shape index (κ1) is 14.9. The highest BCUT2D eigenvalue weighted by Crippen LogP contribution is 2.30. The van der Waals surface area contributed by atoms with Crippen LogP contribution in [0, 0.1) is 0 Å². The zero-order valence-corrected chi connectivity index (χ0v) is 12.6. The van der Waals surface area contributed by atoms with Crippen molar-refractivity contribution in [2.45, 2.75) is 25.7 Å². The minimum atomic E-state index is -0.408. The zero-order chi connectivity index (χ0) is 15.4. The number of hydrogen-bond donors (Lipinski definition) is 1. The molecular formula is C17H21NO4. The highest BCUT2D eigenvalue weighted by Gasteiger charge is 2.10. The van der Waals surface area contributed by atoms with Crippen molar-refractivity contribution in [3.63, 3.8) is 0 Å². The maximum absolute atomic E-state index is 11.2. The topological polar surface area (TPSA) is 62.9 Å². The first-order valence-electron chi connectivity index (χ1n) is 7.84. The van der Waals surface area contributed by atoms with Crippen molar-refractivity contribution in [2.75, 3.05) is 26.2 Å². The fraction of sp³-hybridized carbons (Fsp3) is 0.471. The molecule has 1 N–H and O–H groups in total. The van der Waals surface area contributed by atoms with Crippen LogP contribution in [0.3, 0.4) is 0 Å². The number of ether oxygens (including phenoxy) is 1. The maximum atomic E-state index is 11.2. The molecular weight excluding hydrogens is 282 g/mol. The molecule has 0 atom stereocenters. The number of fused-ring (bicyclic) bond motifs is 1. The van der Waals surface area contributed by atoms with Gasteiger partial charge in [-0.15, -0.1) is 0 Å². The quantitative estimate of drug-likeness (QED) is 0.680. The number of hydrogen-bond acceptors (Lipinski definition) is 5. The van der Waals surface area contributed by atoms with Crippen LogP contribution in [-0.2, 0) is 0 Å². The summed E-state index contributed by atoms with van der Waals surface area (Å²) in [6, 6.07) is 6.09. The largest absolute Gasteiger partial charge is 0.504 e. The van der Waals surface area contributed by atoms with E-state index in [0.29, 0.717) is 23.3 Å². The number of piperidine rings is 1. The molecule has 22 heavy (non-hydrogen) atoms. The molecule has 0 radical (unpaired) electrons. The van der Waals surface area contributed by atoms with Crippen molar-refractivity contribution in [1.82, 2.24) is 4.90 Å². The molecule has 0 bridgehead atoms. The van der Waals surface area contributed by atoms with Gasteiger partial charge >= 0.3 is 5.63 Å². The van der Waals surface area contributed by atoms with Gasteiger partial charge in [0, 0.05) is 24.1 Å². The van der Waals surface area contributed by atoms with Crippen molar-refractivity contribution in [3.8, 4) is 11.5 Å². The third-order valence-electron chi connectivity index (χ3n) is 4.03. The van der Waals surface area contributed by atoms with E-state index in [1.54, 1.807) is 18.2 Å². The van der Waals surface area contributed by atoms with Crippen molar-refractivity contribution < 1.29 is 14.3 Å². The van der Waals surface area contributed by atoms with Gasteiger partial charge in [-0.3, -0.25) is 0 Å². The molecule has 1 saturated heterocycles. The minimum absolute atomic E-state index is 0.0688. The van der Waals surface area contributed by atoms with E-state index in [1.165, 1.54) is 38.4 Å². The van der Waals surface area contributed by atoms with E-state index in [1.807, 2.05) is 0 Å². The monoisotopic (exact) mass is 303 g/mol. The summed E-state index contributed by atoms with van der Waals surface area (Å²) >= 11 is 0. The molecule has 0 amide bonds. The number of aromatic hydroxyl groups is 1. The Hall–Kier alpha value is -2.01. The first-order valence-corrected chi connectivity index (χ1v) is 7.84. The molecule has 5 nitrogen and oxygen atoms in total. The van der Waals surface area contributed by atoms with Gasteiger partial charge in [-0.2, -0.15) is 0 Å². The van der Waals surface area contributed by atoms with Gasteiger partial charge < -0.3 is 19.2 Å². The molecule has 1 aromatic carbocycles. The molecule has 0 unspecified atom stereocenters. The van der Waals surface area contributed by atoms with Gasteiger partial charge in [0.15, 0.2) is 11.5 Å². The summed E-state index contributed by atoms with van der Waals surface area (Å²) in [5.41, 5.74) is 0.0190. The van der Waals surface area contributed by atoms with Crippen LogP contribution < -0.4 is 10.4 Å². The summed E-state index contributed by atoms with van der Waals surface area (Å²) in [4.78, 5) is 13.7.